The van der Waals surface area contributed by atoms with E-state index in [-0.39, 0.29) is 0 Å². The van der Waals surface area contributed by atoms with E-state index in [4.69, 9.17) is 23.8 Å². The fourth-order valence-corrected chi connectivity index (χ4v) is 2.41. The third-order valence-electron chi connectivity index (χ3n) is 3.30. The van der Waals surface area contributed by atoms with Crippen molar-refractivity contribution in [3.63, 3.8) is 0 Å². The number of hydrogen-bond acceptors (Lipinski definition) is 2. The highest BCUT2D eigenvalue weighted by Gasteiger charge is 2.16. The molecule has 1 aromatic rings. The van der Waals surface area contributed by atoms with Crippen LogP contribution in [0.15, 0.2) is 18.2 Å². The van der Waals surface area contributed by atoms with E-state index in [9.17, 15) is 0 Å². The van der Waals surface area contributed by atoms with Crippen LogP contribution < -0.4 is 5.32 Å². The van der Waals surface area contributed by atoms with Crippen LogP contribution in [0.5, 0.6) is 0 Å². The normalized spacial score (nSPS) is 16.7. The monoisotopic (exact) mass is 283 g/mol. The molecule has 1 aliphatic heterocycles. The van der Waals surface area contributed by atoms with Crippen LogP contribution in [0.1, 0.15) is 5.56 Å². The van der Waals surface area contributed by atoms with Crippen molar-refractivity contribution in [2.75, 3.05) is 38.5 Å². The molecule has 0 amide bonds. The van der Waals surface area contributed by atoms with Crippen LogP contribution in [-0.4, -0.2) is 48.1 Å². The number of anilines is 1. The molecule has 0 atom stereocenters. The molecule has 1 heterocycles. The Balaban J connectivity index is 2.01. The van der Waals surface area contributed by atoms with Crippen molar-refractivity contribution in [2.45, 2.75) is 6.92 Å². The minimum atomic E-state index is 0.765. The maximum absolute atomic E-state index is 6.10. The SMILES string of the molecule is Cc1c(Cl)cccc1NC(=S)N1CCN(C)CC1. The summed E-state index contributed by atoms with van der Waals surface area (Å²) in [5.74, 6) is 0. The summed E-state index contributed by atoms with van der Waals surface area (Å²) in [5.41, 5.74) is 2.03. The summed E-state index contributed by atoms with van der Waals surface area (Å²) in [5, 5.41) is 4.84. The van der Waals surface area contributed by atoms with E-state index in [2.05, 4.69) is 22.2 Å². The van der Waals surface area contributed by atoms with Gasteiger partial charge in [0.15, 0.2) is 5.11 Å². The molecule has 1 saturated heterocycles. The molecule has 1 fully saturated rings. The molecule has 0 bridgehead atoms. The van der Waals surface area contributed by atoms with Gasteiger partial charge in [-0.05, 0) is 43.9 Å². The molecule has 0 radical (unpaired) electrons. The van der Waals surface area contributed by atoms with Crippen molar-refractivity contribution < 1.29 is 0 Å². The molecule has 0 saturated carbocycles. The van der Waals surface area contributed by atoms with E-state index in [0.29, 0.717) is 0 Å². The highest BCUT2D eigenvalue weighted by molar-refractivity contribution is 7.80. The first-order valence-electron chi connectivity index (χ1n) is 6.07. The molecular formula is C13H18ClN3S. The predicted molar refractivity (Wildman–Crippen MR) is 81.5 cm³/mol. The number of thiocarbonyl (C=S) groups is 1. The van der Waals surface area contributed by atoms with Crippen LogP contribution in [-0.2, 0) is 0 Å². The highest BCUT2D eigenvalue weighted by atomic mass is 35.5. The first-order chi connectivity index (χ1) is 8.58. The van der Waals surface area contributed by atoms with Crippen LogP contribution in [0.25, 0.3) is 0 Å². The molecule has 5 heteroatoms. The van der Waals surface area contributed by atoms with Gasteiger partial charge in [0.25, 0.3) is 0 Å². The number of benzene rings is 1. The van der Waals surface area contributed by atoms with Gasteiger partial charge in [0.1, 0.15) is 0 Å². The lowest BCUT2D eigenvalue weighted by Crippen LogP contribution is -2.48. The first kappa shape index (κ1) is 13.6. The summed E-state index contributed by atoms with van der Waals surface area (Å²) in [4.78, 5) is 4.51. The number of piperazine rings is 1. The van der Waals surface area contributed by atoms with Crippen LogP contribution in [0.2, 0.25) is 5.02 Å². The number of nitrogens with zero attached hydrogens (tertiary/aromatic N) is 2. The second kappa shape index (κ2) is 5.87. The summed E-state index contributed by atoms with van der Waals surface area (Å²) >= 11 is 11.5. The zero-order valence-electron chi connectivity index (χ0n) is 10.7. The third-order valence-corrected chi connectivity index (χ3v) is 4.07. The minimum Gasteiger partial charge on any atom is -0.346 e. The quantitative estimate of drug-likeness (QED) is 0.798. The second-order valence-corrected chi connectivity index (χ2v) is 5.43. The minimum absolute atomic E-state index is 0.765. The van der Waals surface area contributed by atoms with Crippen molar-refractivity contribution >= 4 is 34.6 Å². The van der Waals surface area contributed by atoms with Crippen molar-refractivity contribution in [2.24, 2.45) is 0 Å². The summed E-state index contributed by atoms with van der Waals surface area (Å²) in [7, 11) is 2.13. The maximum Gasteiger partial charge on any atom is 0.173 e. The van der Waals surface area contributed by atoms with E-state index in [1.165, 1.54) is 0 Å². The van der Waals surface area contributed by atoms with Gasteiger partial charge in [0.05, 0.1) is 0 Å². The van der Waals surface area contributed by atoms with E-state index in [1.54, 1.807) is 0 Å². The van der Waals surface area contributed by atoms with Crippen LogP contribution in [0, 0.1) is 6.92 Å². The molecule has 0 spiro atoms. The Morgan fingerprint density at radius 2 is 1.94 bits per heavy atom. The van der Waals surface area contributed by atoms with Crippen molar-refractivity contribution in [1.29, 1.82) is 0 Å². The Kier molecular flexibility index (Phi) is 4.43. The second-order valence-electron chi connectivity index (χ2n) is 4.63. The number of hydrogen-bond donors (Lipinski definition) is 1. The van der Waals surface area contributed by atoms with E-state index < -0.39 is 0 Å². The van der Waals surface area contributed by atoms with E-state index in [0.717, 1.165) is 47.6 Å². The third kappa shape index (κ3) is 3.13. The number of halogens is 1. The molecule has 1 aromatic carbocycles. The Morgan fingerprint density at radius 1 is 1.28 bits per heavy atom. The molecule has 1 aliphatic rings. The Hall–Kier alpha value is -0.840. The van der Waals surface area contributed by atoms with Crippen LogP contribution in [0.3, 0.4) is 0 Å². The summed E-state index contributed by atoms with van der Waals surface area (Å²) in [6, 6.07) is 5.83. The lowest BCUT2D eigenvalue weighted by molar-refractivity contribution is 0.217. The molecule has 2 rings (SSSR count). The fraction of sp³-hybridized carbons (Fsp3) is 0.462. The molecule has 3 nitrogen and oxygen atoms in total. The average Bonchev–Trinajstić information content (AvgIpc) is 2.36. The Bertz CT molecular complexity index is 442. The van der Waals surface area contributed by atoms with Gasteiger partial charge in [-0.25, -0.2) is 0 Å². The average molecular weight is 284 g/mol. The van der Waals surface area contributed by atoms with Gasteiger partial charge < -0.3 is 15.1 Å². The summed E-state index contributed by atoms with van der Waals surface area (Å²) in [6.45, 7) is 6.05. The Labute approximate surface area is 119 Å². The largest absolute Gasteiger partial charge is 0.346 e. The zero-order valence-corrected chi connectivity index (χ0v) is 12.3. The predicted octanol–water partition coefficient (Wildman–Crippen LogP) is 2.59. The van der Waals surface area contributed by atoms with Crippen molar-refractivity contribution in [1.82, 2.24) is 9.80 Å². The van der Waals surface area contributed by atoms with Crippen LogP contribution in [0.4, 0.5) is 5.69 Å². The number of rotatable bonds is 1. The van der Waals surface area contributed by atoms with E-state index >= 15 is 0 Å². The summed E-state index contributed by atoms with van der Waals surface area (Å²) < 4.78 is 0. The lowest BCUT2D eigenvalue weighted by atomic mass is 10.2. The van der Waals surface area contributed by atoms with Gasteiger partial charge in [-0.2, -0.15) is 0 Å². The van der Waals surface area contributed by atoms with Gasteiger partial charge >= 0.3 is 0 Å². The van der Waals surface area contributed by atoms with Gasteiger partial charge in [0, 0.05) is 36.9 Å². The van der Waals surface area contributed by atoms with Gasteiger partial charge in [-0.3, -0.25) is 0 Å². The highest BCUT2D eigenvalue weighted by Crippen LogP contribution is 2.23. The van der Waals surface area contributed by atoms with Crippen molar-refractivity contribution in [3.05, 3.63) is 28.8 Å². The lowest BCUT2D eigenvalue weighted by Gasteiger charge is -2.34. The zero-order chi connectivity index (χ0) is 13.1. The molecule has 98 valence electrons. The van der Waals surface area contributed by atoms with Crippen LogP contribution >= 0.6 is 23.8 Å². The maximum atomic E-state index is 6.10. The topological polar surface area (TPSA) is 18.5 Å². The molecule has 1 N–H and O–H groups in total. The van der Waals surface area contributed by atoms with E-state index in [1.807, 2.05) is 25.1 Å². The van der Waals surface area contributed by atoms with Gasteiger partial charge in [0.2, 0.25) is 0 Å². The first-order valence-corrected chi connectivity index (χ1v) is 6.86. The van der Waals surface area contributed by atoms with Gasteiger partial charge in [-0.15, -0.1) is 0 Å². The molecular weight excluding hydrogens is 266 g/mol. The molecule has 0 aromatic heterocycles. The fourth-order valence-electron chi connectivity index (χ4n) is 1.95. The Morgan fingerprint density at radius 3 is 2.61 bits per heavy atom. The molecule has 0 aliphatic carbocycles. The number of nitrogens with one attached hydrogen (secondary N) is 1. The standard InChI is InChI=1S/C13H18ClN3S/c1-10-11(14)4-3-5-12(10)15-13(18)17-8-6-16(2)7-9-17/h3-5H,6-9H2,1-2H3,(H,15,18). The smallest absolute Gasteiger partial charge is 0.173 e. The molecule has 18 heavy (non-hydrogen) atoms. The molecule has 0 unspecified atom stereocenters. The van der Waals surface area contributed by atoms with Gasteiger partial charge in [-0.1, -0.05) is 17.7 Å². The van der Waals surface area contributed by atoms with Crippen molar-refractivity contribution in [3.8, 4) is 0 Å². The summed E-state index contributed by atoms with van der Waals surface area (Å²) in [6.07, 6.45) is 0. The number of likely N-dealkylation sites (N-methyl/N-ethyl adjacent to an activating group) is 1.